The largest absolute Gasteiger partial charge is 0.223 e. The first-order chi connectivity index (χ1) is 12.3. The second kappa shape index (κ2) is 6.36. The van der Waals surface area contributed by atoms with E-state index < -0.39 is 14.6 Å². The topological polar surface area (TPSA) is 34.1 Å². The van der Waals surface area contributed by atoms with E-state index in [0.29, 0.717) is 22.1 Å². The molecule has 0 N–H and O–H groups in total. The molecule has 0 unspecified atom stereocenters. The van der Waals surface area contributed by atoms with E-state index in [1.807, 2.05) is 18.2 Å². The molecule has 3 heteroatoms. The number of rotatable bonds is 5. The predicted molar refractivity (Wildman–Crippen MR) is 107 cm³/mol. The second-order valence-electron chi connectivity index (χ2n) is 9.85. The van der Waals surface area contributed by atoms with Crippen molar-refractivity contribution >= 4 is 9.84 Å². The maximum Gasteiger partial charge on any atom is 0.184 e. The maximum absolute atomic E-state index is 13.3. The van der Waals surface area contributed by atoms with Crippen molar-refractivity contribution in [2.45, 2.75) is 81.8 Å². The molecule has 0 bridgehead atoms. The number of hydrogen-bond donors (Lipinski definition) is 0. The fourth-order valence-electron chi connectivity index (χ4n) is 6.84. The van der Waals surface area contributed by atoms with Crippen LogP contribution in [0.3, 0.4) is 0 Å². The molecule has 144 valence electrons. The molecule has 3 fully saturated rings. The van der Waals surface area contributed by atoms with Gasteiger partial charge in [0.05, 0.1) is 9.64 Å². The summed E-state index contributed by atoms with van der Waals surface area (Å²) in [5, 5.41) is 0. The molecule has 0 saturated heterocycles. The standard InChI is InChI=1S/C23H34O2S/c1-17-8-7-13-22(3)20(17)11-12-21(22)18(2)16-23(14-15-23)26(24,25)19-9-5-4-6-10-19/h4-6,9-10,17-18,20-21H,7-8,11-16H2,1-3H3/t17-,18+,20-,21+,22-/m0/s1. The monoisotopic (exact) mass is 374 g/mol. The molecule has 4 rings (SSSR count). The van der Waals surface area contributed by atoms with Crippen LogP contribution < -0.4 is 0 Å². The van der Waals surface area contributed by atoms with Crippen molar-refractivity contribution in [1.29, 1.82) is 0 Å². The Labute approximate surface area is 159 Å². The van der Waals surface area contributed by atoms with Gasteiger partial charge in [0.25, 0.3) is 0 Å². The van der Waals surface area contributed by atoms with Crippen LogP contribution in [-0.4, -0.2) is 13.2 Å². The third-order valence-electron chi connectivity index (χ3n) is 8.36. The first-order valence-electron chi connectivity index (χ1n) is 10.6. The van der Waals surface area contributed by atoms with Gasteiger partial charge in [-0.05, 0) is 79.7 Å². The van der Waals surface area contributed by atoms with Gasteiger partial charge >= 0.3 is 0 Å². The molecule has 26 heavy (non-hydrogen) atoms. The Hall–Kier alpha value is -0.830. The van der Waals surface area contributed by atoms with Gasteiger partial charge in [-0.3, -0.25) is 0 Å². The number of fused-ring (bicyclic) bond motifs is 1. The van der Waals surface area contributed by atoms with Gasteiger partial charge in [0, 0.05) is 0 Å². The van der Waals surface area contributed by atoms with Gasteiger partial charge in [-0.15, -0.1) is 0 Å². The summed E-state index contributed by atoms with van der Waals surface area (Å²) in [4.78, 5) is 0.520. The lowest BCUT2D eigenvalue weighted by Gasteiger charge is -2.46. The third-order valence-corrected chi connectivity index (χ3v) is 11.0. The molecular formula is C23H34O2S. The highest BCUT2D eigenvalue weighted by Crippen LogP contribution is 2.62. The summed E-state index contributed by atoms with van der Waals surface area (Å²) in [6.45, 7) is 7.31. The highest BCUT2D eigenvalue weighted by molar-refractivity contribution is 7.93. The Kier molecular flexibility index (Phi) is 4.53. The Bertz CT molecular complexity index is 750. The molecule has 3 saturated carbocycles. The van der Waals surface area contributed by atoms with Crippen LogP contribution in [0.25, 0.3) is 0 Å². The van der Waals surface area contributed by atoms with Crippen molar-refractivity contribution in [1.82, 2.24) is 0 Å². The number of sulfone groups is 1. The van der Waals surface area contributed by atoms with Crippen LogP contribution in [0, 0.1) is 29.1 Å². The molecule has 0 spiro atoms. The molecule has 3 aliphatic carbocycles. The van der Waals surface area contributed by atoms with Crippen LogP contribution in [0.5, 0.6) is 0 Å². The van der Waals surface area contributed by atoms with Gasteiger partial charge in [0.15, 0.2) is 9.84 Å². The minimum atomic E-state index is -3.21. The van der Waals surface area contributed by atoms with E-state index in [9.17, 15) is 8.42 Å². The van der Waals surface area contributed by atoms with Crippen molar-refractivity contribution in [2.75, 3.05) is 0 Å². The van der Waals surface area contributed by atoms with Crippen LogP contribution in [0.4, 0.5) is 0 Å². The summed E-state index contributed by atoms with van der Waals surface area (Å²) >= 11 is 0. The molecular weight excluding hydrogens is 340 g/mol. The molecule has 2 nitrogen and oxygen atoms in total. The first kappa shape index (κ1) is 18.5. The van der Waals surface area contributed by atoms with E-state index in [1.54, 1.807) is 12.1 Å². The van der Waals surface area contributed by atoms with Crippen molar-refractivity contribution in [3.63, 3.8) is 0 Å². The van der Waals surface area contributed by atoms with Crippen LogP contribution in [0.2, 0.25) is 0 Å². The summed E-state index contributed by atoms with van der Waals surface area (Å²) in [6, 6.07) is 9.13. The molecule has 5 atom stereocenters. The Morgan fingerprint density at radius 1 is 1.08 bits per heavy atom. The summed E-state index contributed by atoms with van der Waals surface area (Å²) in [6.07, 6.45) is 9.27. The van der Waals surface area contributed by atoms with Gasteiger partial charge in [-0.2, -0.15) is 0 Å². The lowest BCUT2D eigenvalue weighted by Crippen LogP contribution is -2.39. The Morgan fingerprint density at radius 3 is 2.42 bits per heavy atom. The Balaban J connectivity index is 1.54. The fourth-order valence-corrected chi connectivity index (χ4v) is 8.98. The van der Waals surface area contributed by atoms with Gasteiger partial charge in [0.1, 0.15) is 0 Å². The van der Waals surface area contributed by atoms with Crippen molar-refractivity contribution in [2.24, 2.45) is 29.1 Å². The molecule has 0 heterocycles. The summed E-state index contributed by atoms with van der Waals surface area (Å²) in [7, 11) is -3.21. The number of benzene rings is 1. The lowest BCUT2D eigenvalue weighted by atomic mass is 9.59. The summed E-state index contributed by atoms with van der Waals surface area (Å²) in [5.41, 5.74) is 0.434. The Morgan fingerprint density at radius 2 is 1.77 bits per heavy atom. The zero-order valence-corrected chi connectivity index (χ0v) is 17.4. The zero-order chi connectivity index (χ0) is 18.6. The summed E-state index contributed by atoms with van der Waals surface area (Å²) in [5.74, 6) is 2.88. The highest BCUT2D eigenvalue weighted by Gasteiger charge is 2.58. The molecule has 0 radical (unpaired) electrons. The fraction of sp³-hybridized carbons (Fsp3) is 0.739. The highest BCUT2D eigenvalue weighted by atomic mass is 32.2. The lowest BCUT2D eigenvalue weighted by molar-refractivity contribution is 0.0346. The summed E-state index contributed by atoms with van der Waals surface area (Å²) < 4.78 is 26.1. The van der Waals surface area contributed by atoms with Crippen molar-refractivity contribution in [3.05, 3.63) is 30.3 Å². The van der Waals surface area contributed by atoms with Gasteiger partial charge < -0.3 is 0 Å². The normalized spacial score (nSPS) is 37.1. The molecule has 3 aliphatic rings. The smallest absolute Gasteiger partial charge is 0.184 e. The molecule has 0 aromatic heterocycles. The molecule has 0 amide bonds. The van der Waals surface area contributed by atoms with Gasteiger partial charge in [-0.1, -0.05) is 51.8 Å². The minimum Gasteiger partial charge on any atom is -0.223 e. The SMILES string of the molecule is C[C@H](CC1(S(=O)(=O)c2ccccc2)CC1)[C@H]1CC[C@H]2[C@@H](C)CCC[C@]12C. The van der Waals surface area contributed by atoms with Crippen molar-refractivity contribution < 1.29 is 8.42 Å². The van der Waals surface area contributed by atoms with E-state index >= 15 is 0 Å². The van der Waals surface area contributed by atoms with E-state index in [0.717, 1.165) is 31.1 Å². The average Bonchev–Trinajstić information content (AvgIpc) is 3.31. The molecule has 0 aliphatic heterocycles. The number of hydrogen-bond acceptors (Lipinski definition) is 2. The van der Waals surface area contributed by atoms with E-state index in [4.69, 9.17) is 0 Å². The van der Waals surface area contributed by atoms with E-state index in [-0.39, 0.29) is 0 Å². The molecule has 1 aromatic rings. The van der Waals surface area contributed by atoms with Gasteiger partial charge in [-0.25, -0.2) is 8.42 Å². The minimum absolute atomic E-state index is 0.434. The van der Waals surface area contributed by atoms with Crippen LogP contribution in [0.1, 0.15) is 72.1 Å². The third kappa shape index (κ3) is 2.77. The van der Waals surface area contributed by atoms with Crippen LogP contribution in [-0.2, 0) is 9.84 Å². The zero-order valence-electron chi connectivity index (χ0n) is 16.6. The predicted octanol–water partition coefficient (Wildman–Crippen LogP) is 5.87. The van der Waals surface area contributed by atoms with Crippen LogP contribution in [0.15, 0.2) is 35.2 Å². The van der Waals surface area contributed by atoms with Crippen molar-refractivity contribution in [3.8, 4) is 0 Å². The average molecular weight is 375 g/mol. The van der Waals surface area contributed by atoms with Crippen LogP contribution >= 0.6 is 0 Å². The second-order valence-corrected chi connectivity index (χ2v) is 12.2. The first-order valence-corrected chi connectivity index (χ1v) is 12.1. The van der Waals surface area contributed by atoms with E-state index in [2.05, 4.69) is 20.8 Å². The van der Waals surface area contributed by atoms with E-state index in [1.165, 1.54) is 32.1 Å². The maximum atomic E-state index is 13.3. The van der Waals surface area contributed by atoms with Gasteiger partial charge in [0.2, 0.25) is 0 Å². The molecule has 1 aromatic carbocycles. The quantitative estimate of drug-likeness (QED) is 0.646.